The first-order valence-electron chi connectivity index (χ1n) is 10.8. The summed E-state index contributed by atoms with van der Waals surface area (Å²) >= 11 is 0. The Morgan fingerprint density at radius 1 is 0.968 bits per heavy atom. The van der Waals surface area contributed by atoms with Gasteiger partial charge in [-0.1, -0.05) is 0 Å². The van der Waals surface area contributed by atoms with Crippen LogP contribution in [0.2, 0.25) is 0 Å². The van der Waals surface area contributed by atoms with Gasteiger partial charge in [-0.2, -0.15) is 10.2 Å². The van der Waals surface area contributed by atoms with Gasteiger partial charge in [0.1, 0.15) is 0 Å². The van der Waals surface area contributed by atoms with E-state index in [1.165, 1.54) is 5.69 Å². The third kappa shape index (κ3) is 4.73. The van der Waals surface area contributed by atoms with Crippen LogP contribution < -0.4 is 5.56 Å². The third-order valence-electron chi connectivity index (χ3n) is 5.91. The van der Waals surface area contributed by atoms with Gasteiger partial charge in [0.05, 0.1) is 43.4 Å². The molecule has 3 aromatic rings. The lowest BCUT2D eigenvalue weighted by atomic mass is 10.2. The molecule has 9 heteroatoms. The lowest BCUT2D eigenvalue weighted by molar-refractivity contribution is 0.0798. The molecule has 3 aromatic heterocycles. The number of piperazine rings is 1. The minimum absolute atomic E-state index is 0.0704. The van der Waals surface area contributed by atoms with E-state index in [2.05, 4.69) is 30.6 Å². The largest absolute Gasteiger partial charge is 0.373 e. The van der Waals surface area contributed by atoms with Crippen LogP contribution in [0.25, 0.3) is 11.3 Å². The van der Waals surface area contributed by atoms with Gasteiger partial charge in [-0.25, -0.2) is 4.68 Å². The Hall–Kier alpha value is -2.88. The summed E-state index contributed by atoms with van der Waals surface area (Å²) in [5.41, 5.74) is 3.91. The van der Waals surface area contributed by atoms with Crippen molar-refractivity contribution in [3.8, 4) is 11.3 Å². The fourth-order valence-electron chi connectivity index (χ4n) is 4.14. The lowest BCUT2D eigenvalue weighted by Gasteiger charge is -2.34. The molecule has 0 amide bonds. The first-order valence-corrected chi connectivity index (χ1v) is 10.8. The molecule has 2 aliphatic heterocycles. The summed E-state index contributed by atoms with van der Waals surface area (Å²) in [5.74, 6) is 0. The summed E-state index contributed by atoms with van der Waals surface area (Å²) in [6.07, 6.45) is 3.49. The first-order chi connectivity index (χ1) is 15.2. The molecule has 1 saturated heterocycles. The van der Waals surface area contributed by atoms with Crippen molar-refractivity contribution in [1.82, 2.24) is 34.3 Å². The van der Waals surface area contributed by atoms with Gasteiger partial charge in [-0.15, -0.1) is 0 Å². The van der Waals surface area contributed by atoms with Crippen LogP contribution in [0.1, 0.15) is 11.4 Å². The van der Waals surface area contributed by atoms with E-state index in [0.29, 0.717) is 13.2 Å². The molecule has 0 spiro atoms. The van der Waals surface area contributed by atoms with Crippen LogP contribution in [-0.4, -0.2) is 73.7 Å². The number of hydrogen-bond acceptors (Lipinski definition) is 7. The molecular weight excluding hydrogens is 394 g/mol. The predicted molar refractivity (Wildman–Crippen MR) is 115 cm³/mol. The summed E-state index contributed by atoms with van der Waals surface area (Å²) < 4.78 is 9.13. The van der Waals surface area contributed by atoms with Gasteiger partial charge in [0, 0.05) is 63.3 Å². The molecule has 0 atom stereocenters. The second kappa shape index (κ2) is 9.09. The molecule has 0 aromatic carbocycles. The molecule has 0 radical (unpaired) electrons. The molecule has 0 unspecified atom stereocenters. The van der Waals surface area contributed by atoms with Crippen molar-refractivity contribution in [1.29, 1.82) is 0 Å². The van der Waals surface area contributed by atoms with Crippen LogP contribution in [0.15, 0.2) is 47.5 Å². The van der Waals surface area contributed by atoms with E-state index < -0.39 is 0 Å². The van der Waals surface area contributed by atoms with E-state index in [1.807, 2.05) is 12.1 Å². The van der Waals surface area contributed by atoms with Gasteiger partial charge in [0.2, 0.25) is 0 Å². The van der Waals surface area contributed by atoms with Crippen molar-refractivity contribution >= 4 is 0 Å². The van der Waals surface area contributed by atoms with Gasteiger partial charge in [0.25, 0.3) is 5.56 Å². The molecule has 0 aliphatic carbocycles. The van der Waals surface area contributed by atoms with Crippen LogP contribution in [-0.2, 0) is 31.0 Å². The van der Waals surface area contributed by atoms with Crippen LogP contribution in [0.5, 0.6) is 0 Å². The highest BCUT2D eigenvalue weighted by atomic mass is 16.5. The lowest BCUT2D eigenvalue weighted by Crippen LogP contribution is -2.47. The Kier molecular flexibility index (Phi) is 5.88. The first kappa shape index (κ1) is 20.0. The Labute approximate surface area is 180 Å². The van der Waals surface area contributed by atoms with Gasteiger partial charge in [-0.3, -0.25) is 24.3 Å². The fraction of sp³-hybridized carbons (Fsp3) is 0.455. The van der Waals surface area contributed by atoms with E-state index in [-0.39, 0.29) is 5.56 Å². The zero-order valence-corrected chi connectivity index (χ0v) is 17.6. The van der Waals surface area contributed by atoms with Crippen LogP contribution in [0.4, 0.5) is 0 Å². The summed E-state index contributed by atoms with van der Waals surface area (Å²) in [4.78, 5) is 21.2. The molecule has 0 saturated carbocycles. The summed E-state index contributed by atoms with van der Waals surface area (Å²) in [5, 5.41) is 9.25. The Bertz CT molecular complexity index is 1050. The molecule has 5 rings (SSSR count). The zero-order chi connectivity index (χ0) is 21.0. The van der Waals surface area contributed by atoms with Crippen LogP contribution in [0.3, 0.4) is 0 Å². The normalized spacial score (nSPS) is 17.5. The van der Waals surface area contributed by atoms with Crippen LogP contribution >= 0.6 is 0 Å². The second-order valence-electron chi connectivity index (χ2n) is 8.04. The molecule has 162 valence electrons. The summed E-state index contributed by atoms with van der Waals surface area (Å²) in [7, 11) is 0. The number of ether oxygens (including phenoxy) is 1. The van der Waals surface area contributed by atoms with E-state index in [0.717, 1.165) is 69.4 Å². The Morgan fingerprint density at radius 3 is 2.65 bits per heavy atom. The van der Waals surface area contributed by atoms with Gasteiger partial charge in [-0.05, 0) is 24.3 Å². The number of aromatic nitrogens is 5. The van der Waals surface area contributed by atoms with E-state index in [4.69, 9.17) is 9.84 Å². The number of hydrogen-bond donors (Lipinski definition) is 0. The third-order valence-corrected chi connectivity index (χ3v) is 5.91. The topological polar surface area (TPSA) is 81.3 Å². The maximum absolute atomic E-state index is 12.3. The predicted octanol–water partition coefficient (Wildman–Crippen LogP) is 0.850. The average Bonchev–Trinajstić information content (AvgIpc) is 3.22. The van der Waals surface area contributed by atoms with E-state index >= 15 is 0 Å². The van der Waals surface area contributed by atoms with Gasteiger partial charge in [0.15, 0.2) is 0 Å². The zero-order valence-electron chi connectivity index (χ0n) is 17.6. The van der Waals surface area contributed by atoms with E-state index in [9.17, 15) is 4.79 Å². The van der Waals surface area contributed by atoms with Gasteiger partial charge >= 0.3 is 0 Å². The highest BCUT2D eigenvalue weighted by molar-refractivity contribution is 5.56. The van der Waals surface area contributed by atoms with Crippen LogP contribution in [0, 0.1) is 0 Å². The number of pyridine rings is 1. The molecule has 31 heavy (non-hydrogen) atoms. The standard InChI is InChI=1S/C22H27N7O2/c30-22-4-3-21(18-2-1-5-23-15-18)25-29(22)11-10-26-6-8-27(9-7-26)16-19-14-20-17-31-13-12-28(20)24-19/h1-5,14-15H,6-13,16-17H2. The minimum atomic E-state index is -0.0704. The summed E-state index contributed by atoms with van der Waals surface area (Å²) in [6, 6.07) is 9.33. The van der Waals surface area contributed by atoms with Crippen molar-refractivity contribution in [2.24, 2.45) is 0 Å². The maximum atomic E-state index is 12.3. The number of rotatable bonds is 6. The average molecular weight is 422 g/mol. The highest BCUT2D eigenvalue weighted by Gasteiger charge is 2.19. The Balaban J connectivity index is 1.14. The van der Waals surface area contributed by atoms with Crippen molar-refractivity contribution in [3.05, 3.63) is 64.5 Å². The molecule has 0 N–H and O–H groups in total. The molecule has 9 nitrogen and oxygen atoms in total. The smallest absolute Gasteiger partial charge is 0.266 e. The quantitative estimate of drug-likeness (QED) is 0.584. The SMILES string of the molecule is O=c1ccc(-c2cccnc2)nn1CCN1CCN(Cc2cc3n(n2)CCOC3)CC1. The number of fused-ring (bicyclic) bond motifs is 1. The fourth-order valence-corrected chi connectivity index (χ4v) is 4.14. The monoisotopic (exact) mass is 421 g/mol. The van der Waals surface area contributed by atoms with Gasteiger partial charge < -0.3 is 4.74 Å². The molecular formula is C22H27N7O2. The van der Waals surface area contributed by atoms with Crippen molar-refractivity contribution < 1.29 is 4.74 Å². The number of nitrogens with zero attached hydrogens (tertiary/aromatic N) is 7. The molecule has 5 heterocycles. The van der Waals surface area contributed by atoms with E-state index in [1.54, 1.807) is 29.2 Å². The second-order valence-corrected chi connectivity index (χ2v) is 8.04. The highest BCUT2D eigenvalue weighted by Crippen LogP contribution is 2.14. The van der Waals surface area contributed by atoms with Crippen molar-refractivity contribution in [2.45, 2.75) is 26.2 Å². The molecule has 1 fully saturated rings. The Morgan fingerprint density at radius 2 is 1.84 bits per heavy atom. The minimum Gasteiger partial charge on any atom is -0.373 e. The van der Waals surface area contributed by atoms with Crippen molar-refractivity contribution in [2.75, 3.05) is 39.3 Å². The molecule has 2 aliphatic rings. The van der Waals surface area contributed by atoms with Crippen molar-refractivity contribution in [3.63, 3.8) is 0 Å². The summed E-state index contributed by atoms with van der Waals surface area (Å²) in [6.45, 7) is 8.48. The maximum Gasteiger partial charge on any atom is 0.266 e. The molecule has 0 bridgehead atoms.